The van der Waals surface area contributed by atoms with Crippen LogP contribution in [0.3, 0.4) is 0 Å². The molecule has 0 bridgehead atoms. The van der Waals surface area contributed by atoms with Crippen LogP contribution in [0.25, 0.3) is 0 Å². The van der Waals surface area contributed by atoms with E-state index in [-0.39, 0.29) is 0 Å². The van der Waals surface area contributed by atoms with Crippen molar-refractivity contribution < 1.29 is 16.5 Å². The molecular formula is C11H34O4Si5. The summed E-state index contributed by atoms with van der Waals surface area (Å²) in [6, 6.07) is 0. The second kappa shape index (κ2) is 7.00. The predicted molar refractivity (Wildman–Crippen MR) is 99.0 cm³/mol. The van der Waals surface area contributed by atoms with Crippen molar-refractivity contribution in [1.29, 1.82) is 0 Å². The van der Waals surface area contributed by atoms with Crippen LogP contribution in [0.4, 0.5) is 0 Å². The van der Waals surface area contributed by atoms with Gasteiger partial charge in [-0.05, 0) is 72.0 Å². The van der Waals surface area contributed by atoms with Crippen molar-refractivity contribution in [3.05, 3.63) is 0 Å². The third-order valence-electron chi connectivity index (χ3n) is 1.67. The highest BCUT2D eigenvalue weighted by molar-refractivity contribution is 6.89. The van der Waals surface area contributed by atoms with Gasteiger partial charge >= 0.3 is 9.05 Å². The Hall–Kier alpha value is 0.924. The normalized spacial score (nSPS) is 15.0. The zero-order valence-corrected chi connectivity index (χ0v) is 20.4. The molecule has 0 aliphatic heterocycles. The molecule has 0 aliphatic rings. The highest BCUT2D eigenvalue weighted by atomic mass is 28.5. The molecule has 0 aliphatic carbocycles. The van der Waals surface area contributed by atoms with Crippen molar-refractivity contribution in [2.24, 2.45) is 0 Å². The van der Waals surface area contributed by atoms with E-state index in [4.69, 9.17) is 16.5 Å². The highest BCUT2D eigenvalue weighted by Gasteiger charge is 2.53. The van der Waals surface area contributed by atoms with E-state index in [2.05, 4.69) is 72.0 Å². The molecule has 0 aromatic rings. The van der Waals surface area contributed by atoms with Crippen molar-refractivity contribution >= 4 is 43.0 Å². The van der Waals surface area contributed by atoms with Gasteiger partial charge in [0.2, 0.25) is 0 Å². The third-order valence-corrected chi connectivity index (χ3v) is 15.1. The Morgan fingerprint density at radius 3 is 0.950 bits per heavy atom. The van der Waals surface area contributed by atoms with E-state index < -0.39 is 43.0 Å². The lowest BCUT2D eigenvalue weighted by Crippen LogP contribution is -2.63. The summed E-state index contributed by atoms with van der Waals surface area (Å²) in [6.07, 6.45) is 0. The van der Waals surface area contributed by atoms with Crippen LogP contribution in [0, 0.1) is 0 Å². The van der Waals surface area contributed by atoms with E-state index in [1.165, 1.54) is 0 Å². The number of hydrogen-bond acceptors (Lipinski definition) is 4. The summed E-state index contributed by atoms with van der Waals surface area (Å²) in [5, 5.41) is 0. The van der Waals surface area contributed by atoms with Crippen molar-refractivity contribution in [2.45, 2.75) is 72.0 Å². The largest absolute Gasteiger partial charge is 0.636 e. The molecule has 0 fully saturated rings. The summed E-state index contributed by atoms with van der Waals surface area (Å²) in [4.78, 5) is 0. The zero-order chi connectivity index (χ0) is 16.4. The quantitative estimate of drug-likeness (QED) is 0.606. The van der Waals surface area contributed by atoms with Gasteiger partial charge < -0.3 is 16.5 Å². The molecular weight excluding hydrogens is 337 g/mol. The Labute approximate surface area is 131 Å². The average Bonchev–Trinajstić information content (AvgIpc) is 1.86. The lowest BCUT2D eigenvalue weighted by Gasteiger charge is -2.42. The topological polar surface area (TPSA) is 36.9 Å². The van der Waals surface area contributed by atoms with Crippen LogP contribution in [-0.2, 0) is 16.5 Å². The van der Waals surface area contributed by atoms with E-state index in [9.17, 15) is 0 Å². The van der Waals surface area contributed by atoms with Crippen LogP contribution >= 0.6 is 0 Å². The SMILES string of the molecule is C[SiH](C)O[Si](O[Si](C)(C)C)(O[Si](C)(C)C)O[Si](C)(C)C. The minimum Gasteiger partial charge on any atom is -0.399 e. The molecule has 4 nitrogen and oxygen atoms in total. The van der Waals surface area contributed by atoms with Gasteiger partial charge in [-0.2, -0.15) is 0 Å². The van der Waals surface area contributed by atoms with Crippen LogP contribution in [0.1, 0.15) is 0 Å². The van der Waals surface area contributed by atoms with Gasteiger partial charge in [0.05, 0.1) is 0 Å². The molecule has 0 radical (unpaired) electrons. The van der Waals surface area contributed by atoms with Crippen molar-refractivity contribution in [2.75, 3.05) is 0 Å². The van der Waals surface area contributed by atoms with Crippen LogP contribution in [0.5, 0.6) is 0 Å². The van der Waals surface area contributed by atoms with Gasteiger partial charge in [0.15, 0.2) is 34.0 Å². The molecule has 0 aromatic heterocycles. The fourth-order valence-electron chi connectivity index (χ4n) is 1.55. The zero-order valence-electron chi connectivity index (χ0n) is 15.2. The maximum absolute atomic E-state index is 6.40. The summed E-state index contributed by atoms with van der Waals surface area (Å²) in [5.74, 6) is 0. The molecule has 9 heteroatoms. The number of rotatable bonds is 8. The third kappa shape index (κ3) is 10.6. The lowest BCUT2D eigenvalue weighted by atomic mass is 11.8. The molecule has 0 aromatic carbocycles. The van der Waals surface area contributed by atoms with Crippen LogP contribution < -0.4 is 0 Å². The van der Waals surface area contributed by atoms with Crippen molar-refractivity contribution in [1.82, 2.24) is 0 Å². The minimum atomic E-state index is -3.02. The van der Waals surface area contributed by atoms with Gasteiger partial charge in [0, 0.05) is 0 Å². The molecule has 0 heterocycles. The van der Waals surface area contributed by atoms with Crippen molar-refractivity contribution in [3.63, 3.8) is 0 Å². The summed E-state index contributed by atoms with van der Waals surface area (Å²) in [7, 11) is -9.75. The molecule has 0 unspecified atom stereocenters. The van der Waals surface area contributed by atoms with Crippen LogP contribution in [0.15, 0.2) is 0 Å². The lowest BCUT2D eigenvalue weighted by molar-refractivity contribution is 0.153. The van der Waals surface area contributed by atoms with Gasteiger partial charge in [-0.25, -0.2) is 0 Å². The van der Waals surface area contributed by atoms with Crippen LogP contribution in [-0.4, -0.2) is 43.0 Å². The highest BCUT2D eigenvalue weighted by Crippen LogP contribution is 2.27. The molecule has 0 saturated carbocycles. The maximum Gasteiger partial charge on any atom is 0.636 e. The minimum absolute atomic E-state index is 1.31. The summed E-state index contributed by atoms with van der Waals surface area (Å²) in [5.41, 5.74) is 0. The molecule has 0 spiro atoms. The molecule has 0 saturated heterocycles. The van der Waals surface area contributed by atoms with Gasteiger partial charge in [0.25, 0.3) is 0 Å². The second-order valence-electron chi connectivity index (χ2n) is 8.31. The Bertz CT molecular complexity index is 263. The fraction of sp³-hybridized carbons (Fsp3) is 1.00. The first-order valence-corrected chi connectivity index (χ1v) is 22.0. The predicted octanol–water partition coefficient (Wildman–Crippen LogP) is 3.98. The Morgan fingerprint density at radius 1 is 0.550 bits per heavy atom. The maximum atomic E-state index is 6.40. The van der Waals surface area contributed by atoms with E-state index >= 15 is 0 Å². The Morgan fingerprint density at radius 2 is 0.800 bits per heavy atom. The van der Waals surface area contributed by atoms with Gasteiger partial charge in [-0.15, -0.1) is 0 Å². The van der Waals surface area contributed by atoms with E-state index in [0.29, 0.717) is 0 Å². The van der Waals surface area contributed by atoms with Crippen LogP contribution in [0.2, 0.25) is 72.0 Å². The summed E-state index contributed by atoms with van der Waals surface area (Å²) < 4.78 is 25.5. The smallest absolute Gasteiger partial charge is 0.399 e. The Balaban J connectivity index is 5.50. The molecule has 0 amide bonds. The van der Waals surface area contributed by atoms with Gasteiger partial charge in [0.1, 0.15) is 0 Å². The molecule has 0 rings (SSSR count). The van der Waals surface area contributed by atoms with E-state index in [1.807, 2.05) is 0 Å². The van der Waals surface area contributed by atoms with E-state index in [0.717, 1.165) is 0 Å². The first-order valence-electron chi connectivity index (χ1n) is 7.32. The molecule has 122 valence electrons. The van der Waals surface area contributed by atoms with Gasteiger partial charge in [-0.1, -0.05) is 0 Å². The Kier molecular flexibility index (Phi) is 7.33. The second-order valence-corrected chi connectivity index (χ2v) is 27.5. The monoisotopic (exact) mass is 370 g/mol. The summed E-state index contributed by atoms with van der Waals surface area (Å²) in [6.45, 7) is 23.8. The first kappa shape index (κ1) is 20.9. The first-order chi connectivity index (χ1) is 8.54. The molecule has 0 atom stereocenters. The molecule has 20 heavy (non-hydrogen) atoms. The standard InChI is InChI=1S/C11H34O4Si5/c1-16(2)12-20(13-17(3,4)5,14-18(6,7)8)15-19(9,10)11/h16H,1-11H3. The van der Waals surface area contributed by atoms with Crippen molar-refractivity contribution in [3.8, 4) is 0 Å². The van der Waals surface area contributed by atoms with Gasteiger partial charge in [-0.3, -0.25) is 0 Å². The van der Waals surface area contributed by atoms with E-state index in [1.54, 1.807) is 0 Å². The molecule has 0 N–H and O–H groups in total. The fourth-order valence-corrected chi connectivity index (χ4v) is 16.4. The summed E-state index contributed by atoms with van der Waals surface area (Å²) >= 11 is 0. The number of hydrogen-bond donors (Lipinski definition) is 0. The average molecular weight is 371 g/mol.